The third-order valence-electron chi connectivity index (χ3n) is 2.72. The fourth-order valence-corrected chi connectivity index (χ4v) is 4.39. The number of hydrogen-bond donors (Lipinski definition) is 1. The topological polar surface area (TPSA) is 46.2 Å². The molecule has 0 radical (unpaired) electrons. The van der Waals surface area contributed by atoms with Gasteiger partial charge in [-0.3, -0.25) is 0 Å². The van der Waals surface area contributed by atoms with E-state index in [4.69, 9.17) is 11.6 Å². The Kier molecular flexibility index (Phi) is 4.30. The minimum Gasteiger partial charge on any atom is -0.206 e. The molecule has 0 aliphatic carbocycles. The van der Waals surface area contributed by atoms with Crippen LogP contribution >= 0.6 is 22.9 Å². The van der Waals surface area contributed by atoms with Crippen molar-refractivity contribution in [3.63, 3.8) is 0 Å². The molecule has 0 saturated carbocycles. The third-order valence-corrected chi connectivity index (χ3v) is 5.99. The van der Waals surface area contributed by atoms with E-state index in [-0.39, 0.29) is 10.3 Å². The van der Waals surface area contributed by atoms with E-state index >= 15 is 0 Å². The Bertz CT molecular complexity index is 662. The van der Waals surface area contributed by atoms with Gasteiger partial charge in [-0.05, 0) is 31.5 Å². The maximum absolute atomic E-state index is 12.1. The van der Waals surface area contributed by atoms with Crippen molar-refractivity contribution in [1.82, 2.24) is 4.72 Å². The van der Waals surface area contributed by atoms with Crippen LogP contribution < -0.4 is 4.72 Å². The molecule has 0 aliphatic rings. The summed E-state index contributed by atoms with van der Waals surface area (Å²) in [5.41, 5.74) is 2.07. The maximum atomic E-state index is 12.1. The second-order valence-electron chi connectivity index (χ2n) is 4.31. The predicted octanol–water partition coefficient (Wildman–Crippen LogP) is 3.75. The minimum atomic E-state index is -3.51. The lowest BCUT2D eigenvalue weighted by atomic mass is 10.1. The van der Waals surface area contributed by atoms with Gasteiger partial charge in [0.1, 0.15) is 4.21 Å². The summed E-state index contributed by atoms with van der Waals surface area (Å²) in [5.74, 6) is 0. The molecular weight excluding hydrogens is 302 g/mol. The maximum Gasteiger partial charge on any atom is 0.250 e. The van der Waals surface area contributed by atoms with Gasteiger partial charge in [0.15, 0.2) is 0 Å². The molecule has 2 aromatic rings. The fraction of sp³-hybridized carbons (Fsp3) is 0.231. The molecular formula is C13H14ClNO2S2. The number of benzene rings is 1. The summed E-state index contributed by atoms with van der Waals surface area (Å²) in [6.45, 7) is 3.81. The normalized spacial score (nSPS) is 13.4. The summed E-state index contributed by atoms with van der Waals surface area (Å²) >= 11 is 6.81. The van der Waals surface area contributed by atoms with Gasteiger partial charge >= 0.3 is 0 Å². The molecule has 0 fully saturated rings. The molecule has 0 amide bonds. The summed E-state index contributed by atoms with van der Waals surface area (Å²) in [6, 6.07) is 10.6. The zero-order valence-electron chi connectivity index (χ0n) is 10.6. The minimum absolute atomic E-state index is 0.233. The van der Waals surface area contributed by atoms with Crippen LogP contribution in [0.5, 0.6) is 0 Å². The van der Waals surface area contributed by atoms with Crippen molar-refractivity contribution in [1.29, 1.82) is 0 Å². The monoisotopic (exact) mass is 315 g/mol. The lowest BCUT2D eigenvalue weighted by molar-refractivity contribution is 0.569. The van der Waals surface area contributed by atoms with Gasteiger partial charge in [-0.15, -0.1) is 11.3 Å². The van der Waals surface area contributed by atoms with Crippen molar-refractivity contribution in [2.75, 3.05) is 0 Å². The standard InChI is InChI=1S/C13H14ClNO2S2/c1-9-3-5-11(6-4-9)10(2)15-19(16,17)13-8-7-12(14)18-13/h3-8,10,15H,1-2H3. The van der Waals surface area contributed by atoms with Gasteiger partial charge in [0.05, 0.1) is 4.34 Å². The first kappa shape index (κ1) is 14.5. The van der Waals surface area contributed by atoms with E-state index < -0.39 is 10.0 Å². The van der Waals surface area contributed by atoms with Crippen LogP contribution in [0.1, 0.15) is 24.1 Å². The SMILES string of the molecule is Cc1ccc(C(C)NS(=O)(=O)c2ccc(Cl)s2)cc1. The second kappa shape index (κ2) is 5.63. The highest BCUT2D eigenvalue weighted by Gasteiger charge is 2.20. The van der Waals surface area contributed by atoms with Gasteiger partial charge in [0.25, 0.3) is 10.0 Å². The zero-order valence-corrected chi connectivity index (χ0v) is 12.9. The van der Waals surface area contributed by atoms with E-state index in [1.807, 2.05) is 38.1 Å². The molecule has 102 valence electrons. The Labute approximate surface area is 122 Å². The summed E-state index contributed by atoms with van der Waals surface area (Å²) in [5, 5.41) is 0. The number of thiophene rings is 1. The average Bonchev–Trinajstić information content (AvgIpc) is 2.77. The summed E-state index contributed by atoms with van der Waals surface area (Å²) in [7, 11) is -3.51. The average molecular weight is 316 g/mol. The summed E-state index contributed by atoms with van der Waals surface area (Å²) in [6.07, 6.45) is 0. The Morgan fingerprint density at radius 1 is 1.16 bits per heavy atom. The molecule has 1 N–H and O–H groups in total. The Morgan fingerprint density at radius 3 is 2.32 bits per heavy atom. The van der Waals surface area contributed by atoms with E-state index in [9.17, 15) is 8.42 Å². The molecule has 0 aliphatic heterocycles. The lowest BCUT2D eigenvalue weighted by Gasteiger charge is -2.14. The lowest BCUT2D eigenvalue weighted by Crippen LogP contribution is -2.26. The molecule has 0 saturated heterocycles. The molecule has 1 heterocycles. The van der Waals surface area contributed by atoms with Crippen LogP contribution in [0.3, 0.4) is 0 Å². The quantitative estimate of drug-likeness (QED) is 0.934. The van der Waals surface area contributed by atoms with Crippen molar-refractivity contribution < 1.29 is 8.42 Å². The van der Waals surface area contributed by atoms with Crippen LogP contribution in [0.2, 0.25) is 4.34 Å². The van der Waals surface area contributed by atoms with Gasteiger partial charge in [0, 0.05) is 6.04 Å². The fourth-order valence-electron chi connectivity index (χ4n) is 1.66. The van der Waals surface area contributed by atoms with Crippen LogP contribution in [-0.4, -0.2) is 8.42 Å². The van der Waals surface area contributed by atoms with Crippen molar-refractivity contribution in [3.05, 3.63) is 51.9 Å². The van der Waals surface area contributed by atoms with Gasteiger partial charge in [-0.1, -0.05) is 41.4 Å². The number of rotatable bonds is 4. The van der Waals surface area contributed by atoms with Crippen LogP contribution in [0.15, 0.2) is 40.6 Å². The molecule has 0 spiro atoms. The molecule has 1 atom stereocenters. The first-order chi connectivity index (χ1) is 8.88. The molecule has 1 aromatic heterocycles. The Balaban J connectivity index is 2.18. The van der Waals surface area contributed by atoms with E-state index in [1.54, 1.807) is 6.07 Å². The molecule has 6 heteroatoms. The van der Waals surface area contributed by atoms with Crippen LogP contribution in [0, 0.1) is 6.92 Å². The van der Waals surface area contributed by atoms with Crippen LogP contribution in [0.4, 0.5) is 0 Å². The van der Waals surface area contributed by atoms with Gasteiger partial charge < -0.3 is 0 Å². The first-order valence-electron chi connectivity index (χ1n) is 5.73. The number of nitrogens with one attached hydrogen (secondary N) is 1. The zero-order chi connectivity index (χ0) is 14.0. The second-order valence-corrected chi connectivity index (χ2v) is 7.97. The number of sulfonamides is 1. The molecule has 3 nitrogen and oxygen atoms in total. The molecule has 1 unspecified atom stereocenters. The van der Waals surface area contributed by atoms with Crippen LogP contribution in [-0.2, 0) is 10.0 Å². The molecule has 1 aromatic carbocycles. The molecule has 2 rings (SSSR count). The number of hydrogen-bond acceptors (Lipinski definition) is 3. The van der Waals surface area contributed by atoms with Gasteiger partial charge in [-0.25, -0.2) is 13.1 Å². The van der Waals surface area contributed by atoms with Crippen molar-refractivity contribution in [2.24, 2.45) is 0 Å². The van der Waals surface area contributed by atoms with Gasteiger partial charge in [-0.2, -0.15) is 0 Å². The number of halogens is 1. The highest BCUT2D eigenvalue weighted by molar-refractivity contribution is 7.91. The first-order valence-corrected chi connectivity index (χ1v) is 8.40. The van der Waals surface area contributed by atoms with Crippen molar-refractivity contribution >= 4 is 33.0 Å². The van der Waals surface area contributed by atoms with E-state index in [2.05, 4.69) is 4.72 Å². The predicted molar refractivity (Wildman–Crippen MR) is 79.2 cm³/mol. The van der Waals surface area contributed by atoms with E-state index in [1.165, 1.54) is 6.07 Å². The smallest absolute Gasteiger partial charge is 0.206 e. The van der Waals surface area contributed by atoms with Crippen LogP contribution in [0.25, 0.3) is 0 Å². The third kappa shape index (κ3) is 3.57. The summed E-state index contributed by atoms with van der Waals surface area (Å²) in [4.78, 5) is 0. The molecule has 0 bridgehead atoms. The largest absolute Gasteiger partial charge is 0.250 e. The van der Waals surface area contributed by atoms with Crippen molar-refractivity contribution in [2.45, 2.75) is 24.1 Å². The highest BCUT2D eigenvalue weighted by atomic mass is 35.5. The highest BCUT2D eigenvalue weighted by Crippen LogP contribution is 2.26. The Morgan fingerprint density at radius 2 is 1.79 bits per heavy atom. The summed E-state index contributed by atoms with van der Waals surface area (Å²) < 4.78 is 27.6. The Hall–Kier alpha value is -0.880. The van der Waals surface area contributed by atoms with E-state index in [0.29, 0.717) is 4.34 Å². The van der Waals surface area contributed by atoms with Gasteiger partial charge in [0.2, 0.25) is 0 Å². The van der Waals surface area contributed by atoms with Crippen molar-refractivity contribution in [3.8, 4) is 0 Å². The molecule has 19 heavy (non-hydrogen) atoms. The number of aryl methyl sites for hydroxylation is 1. The van der Waals surface area contributed by atoms with E-state index in [0.717, 1.165) is 22.5 Å².